The minimum Gasteiger partial charge on any atom is -0.493 e. The molecule has 0 spiro atoms. The molecular formula is C21H24O7. The molecule has 7 nitrogen and oxygen atoms in total. The number of benzene rings is 2. The quantitative estimate of drug-likeness (QED) is 0.861. The first-order chi connectivity index (χ1) is 13.4. The zero-order valence-corrected chi connectivity index (χ0v) is 16.6. The minimum absolute atomic E-state index is 0.161. The molecule has 28 heavy (non-hydrogen) atoms. The number of ether oxygens (including phenoxy) is 6. The van der Waals surface area contributed by atoms with Crippen molar-refractivity contribution < 1.29 is 33.5 Å². The maximum Gasteiger partial charge on any atom is 0.231 e. The topological polar surface area (TPSA) is 75.6 Å². The molecule has 0 saturated carbocycles. The van der Waals surface area contributed by atoms with Gasteiger partial charge in [0.15, 0.2) is 23.0 Å². The van der Waals surface area contributed by atoms with Crippen LogP contribution in [0, 0.1) is 5.92 Å². The largest absolute Gasteiger partial charge is 0.493 e. The molecule has 4 rings (SSSR count). The van der Waals surface area contributed by atoms with Crippen LogP contribution in [0.1, 0.15) is 30.9 Å². The molecule has 2 aromatic rings. The third-order valence-electron chi connectivity index (χ3n) is 5.57. The van der Waals surface area contributed by atoms with Crippen LogP contribution in [0.3, 0.4) is 0 Å². The molecule has 0 amide bonds. The lowest BCUT2D eigenvalue weighted by Crippen LogP contribution is -2.45. The van der Waals surface area contributed by atoms with Gasteiger partial charge in [-0.1, -0.05) is 13.0 Å². The summed E-state index contributed by atoms with van der Waals surface area (Å²) >= 11 is 0. The standard InChI is InChI=1S/C21H24O7/c1-11-18(12-6-7-14(23-3)20(25-5)19(12)24-4)13-8-16-17(27-10-26-16)9-15(13)28-21(11,2)22/h6-9,11,18,22H,10H2,1-5H3/t11-,18+,21-/m1/s1. The van der Waals surface area contributed by atoms with Crippen molar-refractivity contribution >= 4 is 0 Å². The number of aliphatic hydroxyl groups is 1. The third kappa shape index (κ3) is 2.69. The van der Waals surface area contributed by atoms with Gasteiger partial charge in [-0.3, -0.25) is 0 Å². The molecule has 3 atom stereocenters. The summed E-state index contributed by atoms with van der Waals surface area (Å²) in [6.07, 6.45) is 0. The molecule has 2 aromatic carbocycles. The van der Waals surface area contributed by atoms with Crippen LogP contribution in [0.5, 0.6) is 34.5 Å². The maximum atomic E-state index is 11.0. The highest BCUT2D eigenvalue weighted by atomic mass is 16.7. The van der Waals surface area contributed by atoms with Gasteiger partial charge in [-0.25, -0.2) is 0 Å². The minimum atomic E-state index is -1.39. The van der Waals surface area contributed by atoms with Gasteiger partial charge in [0.25, 0.3) is 0 Å². The predicted molar refractivity (Wildman–Crippen MR) is 101 cm³/mol. The fourth-order valence-corrected chi connectivity index (χ4v) is 3.97. The summed E-state index contributed by atoms with van der Waals surface area (Å²) in [5.41, 5.74) is 1.74. The van der Waals surface area contributed by atoms with Crippen molar-refractivity contribution in [3.05, 3.63) is 35.4 Å². The van der Waals surface area contributed by atoms with Crippen LogP contribution < -0.4 is 28.4 Å². The molecule has 0 aliphatic carbocycles. The monoisotopic (exact) mass is 388 g/mol. The highest BCUT2D eigenvalue weighted by molar-refractivity contribution is 5.62. The Labute approximate surface area is 163 Å². The zero-order chi connectivity index (χ0) is 20.1. The SMILES string of the molecule is COc1ccc([C@H]2c3cc4c(cc3O[C@@](C)(O)[C@@H]2C)OCO4)c(OC)c1OC. The van der Waals surface area contributed by atoms with Gasteiger partial charge in [-0.15, -0.1) is 0 Å². The van der Waals surface area contributed by atoms with E-state index in [1.807, 2.05) is 25.1 Å². The van der Waals surface area contributed by atoms with Gasteiger partial charge >= 0.3 is 0 Å². The molecule has 0 bridgehead atoms. The molecule has 2 aliphatic heterocycles. The van der Waals surface area contributed by atoms with Crippen LogP contribution in [0.25, 0.3) is 0 Å². The Morgan fingerprint density at radius 1 is 0.929 bits per heavy atom. The zero-order valence-electron chi connectivity index (χ0n) is 16.6. The second-order valence-electron chi connectivity index (χ2n) is 7.09. The average Bonchev–Trinajstić information content (AvgIpc) is 3.13. The lowest BCUT2D eigenvalue weighted by molar-refractivity contribution is -0.171. The molecule has 0 radical (unpaired) electrons. The number of fused-ring (bicyclic) bond motifs is 2. The Balaban J connectivity index is 1.95. The van der Waals surface area contributed by atoms with Crippen LogP contribution in [-0.4, -0.2) is 39.0 Å². The highest BCUT2D eigenvalue weighted by Gasteiger charge is 2.46. The van der Waals surface area contributed by atoms with Gasteiger partial charge in [0.05, 0.1) is 21.3 Å². The Bertz CT molecular complexity index is 906. The smallest absolute Gasteiger partial charge is 0.231 e. The van der Waals surface area contributed by atoms with Crippen molar-refractivity contribution in [2.75, 3.05) is 28.1 Å². The third-order valence-corrected chi connectivity index (χ3v) is 5.57. The number of hydrogen-bond donors (Lipinski definition) is 1. The van der Waals surface area contributed by atoms with Gasteiger partial charge in [0, 0.05) is 36.0 Å². The van der Waals surface area contributed by atoms with Crippen molar-refractivity contribution in [3.8, 4) is 34.5 Å². The molecular weight excluding hydrogens is 364 g/mol. The normalized spacial score (nSPS) is 24.9. The van der Waals surface area contributed by atoms with Crippen molar-refractivity contribution in [2.45, 2.75) is 25.6 Å². The second-order valence-corrected chi connectivity index (χ2v) is 7.09. The van der Waals surface area contributed by atoms with Gasteiger partial charge in [0.2, 0.25) is 18.3 Å². The first-order valence-electron chi connectivity index (χ1n) is 9.05. The lowest BCUT2D eigenvalue weighted by atomic mass is 9.75. The van der Waals surface area contributed by atoms with E-state index >= 15 is 0 Å². The maximum absolute atomic E-state index is 11.0. The van der Waals surface area contributed by atoms with E-state index in [4.69, 9.17) is 28.4 Å². The van der Waals surface area contributed by atoms with Gasteiger partial charge in [0.1, 0.15) is 5.75 Å². The van der Waals surface area contributed by atoms with Gasteiger partial charge in [-0.05, 0) is 12.1 Å². The Morgan fingerprint density at radius 3 is 2.25 bits per heavy atom. The van der Waals surface area contributed by atoms with E-state index in [0.717, 1.165) is 11.1 Å². The summed E-state index contributed by atoms with van der Waals surface area (Å²) in [7, 11) is 4.73. The molecule has 0 saturated heterocycles. The van der Waals surface area contributed by atoms with Gasteiger partial charge in [-0.2, -0.15) is 0 Å². The highest BCUT2D eigenvalue weighted by Crippen LogP contribution is 2.54. The van der Waals surface area contributed by atoms with Crippen LogP contribution in [0.15, 0.2) is 24.3 Å². The van der Waals surface area contributed by atoms with Crippen molar-refractivity contribution in [2.24, 2.45) is 5.92 Å². The van der Waals surface area contributed by atoms with Crippen molar-refractivity contribution in [3.63, 3.8) is 0 Å². The average molecular weight is 388 g/mol. The van der Waals surface area contributed by atoms with Crippen molar-refractivity contribution in [1.29, 1.82) is 0 Å². The predicted octanol–water partition coefficient (Wildman–Crippen LogP) is 3.31. The van der Waals surface area contributed by atoms with Crippen LogP contribution in [-0.2, 0) is 0 Å². The summed E-state index contributed by atoms with van der Waals surface area (Å²) in [6.45, 7) is 3.76. The number of rotatable bonds is 4. The molecule has 150 valence electrons. The molecule has 7 heteroatoms. The number of methoxy groups -OCH3 is 3. The summed E-state index contributed by atoms with van der Waals surface area (Å²) in [6, 6.07) is 7.43. The molecule has 1 N–H and O–H groups in total. The van der Waals surface area contributed by atoms with E-state index in [9.17, 15) is 5.11 Å². The fraction of sp³-hybridized carbons (Fsp3) is 0.429. The van der Waals surface area contributed by atoms with E-state index in [1.54, 1.807) is 34.3 Å². The van der Waals surface area contributed by atoms with E-state index in [2.05, 4.69) is 0 Å². The van der Waals surface area contributed by atoms with Gasteiger partial charge < -0.3 is 33.5 Å². The molecule has 0 fully saturated rings. The van der Waals surface area contributed by atoms with E-state index in [0.29, 0.717) is 34.5 Å². The molecule has 0 unspecified atom stereocenters. The van der Waals surface area contributed by atoms with Crippen molar-refractivity contribution in [1.82, 2.24) is 0 Å². The lowest BCUT2D eigenvalue weighted by Gasteiger charge is -2.42. The van der Waals surface area contributed by atoms with Crippen LogP contribution in [0.2, 0.25) is 0 Å². The molecule has 2 aliphatic rings. The Hall–Kier alpha value is -2.80. The first-order valence-corrected chi connectivity index (χ1v) is 9.05. The summed E-state index contributed by atoms with van der Waals surface area (Å²) in [5.74, 6) is 1.53. The van der Waals surface area contributed by atoms with E-state index < -0.39 is 5.79 Å². The van der Waals surface area contributed by atoms with Crippen LogP contribution >= 0.6 is 0 Å². The van der Waals surface area contributed by atoms with E-state index in [1.165, 1.54) is 0 Å². The Morgan fingerprint density at radius 2 is 1.61 bits per heavy atom. The fourth-order valence-electron chi connectivity index (χ4n) is 3.97. The first kappa shape index (κ1) is 18.6. The number of hydrogen-bond acceptors (Lipinski definition) is 7. The molecule has 0 aromatic heterocycles. The summed E-state index contributed by atoms with van der Waals surface area (Å²) < 4.78 is 33.6. The second kappa shape index (κ2) is 6.67. The summed E-state index contributed by atoms with van der Waals surface area (Å²) in [5, 5.41) is 11.0. The van der Waals surface area contributed by atoms with Crippen LogP contribution in [0.4, 0.5) is 0 Å². The van der Waals surface area contributed by atoms with E-state index in [-0.39, 0.29) is 18.6 Å². The Kier molecular flexibility index (Phi) is 4.42. The molecule has 2 heterocycles. The summed E-state index contributed by atoms with van der Waals surface area (Å²) in [4.78, 5) is 0.